The number of ether oxygens (including phenoxy) is 3. The van der Waals surface area contributed by atoms with Crippen LogP contribution >= 0.6 is 0 Å². The first-order valence-corrected chi connectivity index (χ1v) is 10.0. The van der Waals surface area contributed by atoms with Crippen molar-refractivity contribution in [2.24, 2.45) is 0 Å². The summed E-state index contributed by atoms with van der Waals surface area (Å²) in [5.41, 5.74) is 3.09. The van der Waals surface area contributed by atoms with Gasteiger partial charge in [-0.05, 0) is 36.0 Å². The minimum Gasteiger partial charge on any atom is -0.480 e. The molecule has 0 amide bonds. The number of alkyl halides is 3. The Morgan fingerprint density at radius 2 is 1.82 bits per heavy atom. The molecular weight excluding hydrogens is 439 g/mol. The van der Waals surface area contributed by atoms with Crippen molar-refractivity contribution >= 4 is 5.65 Å². The molecule has 1 saturated carbocycles. The van der Waals surface area contributed by atoms with Gasteiger partial charge in [0.1, 0.15) is 5.75 Å². The third-order valence-electron chi connectivity index (χ3n) is 5.51. The standard InChI is InChI=1S/C22H18F3N5O3/c1-31-20-16(11-27-21(28-20)32-2)17-10-15(19-26-7-8-30(19)29-17)14-9-13(14)12-5-3-4-6-18(12)33-22(23,24)25/h3-8,10-11,13-14H,9H2,1-2H3/t13-,14+/m1/s1. The van der Waals surface area contributed by atoms with Gasteiger partial charge < -0.3 is 14.2 Å². The van der Waals surface area contributed by atoms with Gasteiger partial charge in [0.15, 0.2) is 5.65 Å². The van der Waals surface area contributed by atoms with Crippen LogP contribution in [-0.2, 0) is 0 Å². The SMILES string of the molecule is COc1ncc(-c2cc([C@H]3C[C@@H]3c3ccccc3OC(F)(F)F)c3nccn3n2)c(OC)n1. The lowest BCUT2D eigenvalue weighted by atomic mass is 10.0. The van der Waals surface area contributed by atoms with Gasteiger partial charge >= 0.3 is 12.4 Å². The Morgan fingerprint density at radius 1 is 1.03 bits per heavy atom. The predicted octanol–water partition coefficient (Wildman–Crippen LogP) is 4.37. The number of hydrogen-bond acceptors (Lipinski definition) is 7. The van der Waals surface area contributed by atoms with Gasteiger partial charge in [-0.3, -0.25) is 0 Å². The zero-order chi connectivity index (χ0) is 23.2. The van der Waals surface area contributed by atoms with Gasteiger partial charge in [-0.1, -0.05) is 18.2 Å². The van der Waals surface area contributed by atoms with E-state index in [2.05, 4.69) is 24.8 Å². The van der Waals surface area contributed by atoms with Crippen molar-refractivity contribution in [1.29, 1.82) is 0 Å². The summed E-state index contributed by atoms with van der Waals surface area (Å²) < 4.78 is 55.0. The molecule has 0 spiro atoms. The van der Waals surface area contributed by atoms with Crippen molar-refractivity contribution in [3.8, 4) is 28.9 Å². The van der Waals surface area contributed by atoms with E-state index in [4.69, 9.17) is 9.47 Å². The van der Waals surface area contributed by atoms with Crippen LogP contribution in [0.5, 0.6) is 17.6 Å². The van der Waals surface area contributed by atoms with Crippen LogP contribution in [0.2, 0.25) is 0 Å². The smallest absolute Gasteiger partial charge is 0.480 e. The average molecular weight is 457 g/mol. The molecule has 4 aromatic rings. The lowest BCUT2D eigenvalue weighted by Crippen LogP contribution is -2.18. The van der Waals surface area contributed by atoms with Gasteiger partial charge in [-0.2, -0.15) is 10.1 Å². The molecule has 170 valence electrons. The first kappa shape index (κ1) is 21.0. The Morgan fingerprint density at radius 3 is 2.58 bits per heavy atom. The monoisotopic (exact) mass is 457 g/mol. The van der Waals surface area contributed by atoms with Gasteiger partial charge in [-0.15, -0.1) is 13.2 Å². The molecule has 2 atom stereocenters. The number of rotatable bonds is 6. The molecule has 3 aromatic heterocycles. The fraction of sp³-hybridized carbons (Fsp3) is 0.273. The molecule has 1 aliphatic carbocycles. The summed E-state index contributed by atoms with van der Waals surface area (Å²) in [5, 5.41) is 4.58. The Balaban J connectivity index is 1.55. The quantitative estimate of drug-likeness (QED) is 0.425. The van der Waals surface area contributed by atoms with Gasteiger partial charge in [0.05, 0.1) is 25.5 Å². The van der Waals surface area contributed by atoms with E-state index < -0.39 is 6.36 Å². The topological polar surface area (TPSA) is 83.7 Å². The van der Waals surface area contributed by atoms with Crippen molar-refractivity contribution in [3.05, 3.63) is 60.0 Å². The second-order valence-corrected chi connectivity index (χ2v) is 7.49. The molecule has 3 heterocycles. The molecule has 0 N–H and O–H groups in total. The van der Waals surface area contributed by atoms with Crippen LogP contribution in [0, 0.1) is 0 Å². The molecule has 0 unspecified atom stereocenters. The van der Waals surface area contributed by atoms with Crippen LogP contribution in [0.25, 0.3) is 16.9 Å². The number of aromatic nitrogens is 5. The lowest BCUT2D eigenvalue weighted by Gasteiger charge is -2.13. The van der Waals surface area contributed by atoms with Gasteiger partial charge in [0.25, 0.3) is 0 Å². The van der Waals surface area contributed by atoms with Gasteiger partial charge in [0, 0.05) is 24.2 Å². The Bertz CT molecular complexity index is 1320. The minimum absolute atomic E-state index is 0.0557. The number of fused-ring (bicyclic) bond motifs is 1. The molecule has 33 heavy (non-hydrogen) atoms. The average Bonchev–Trinajstić information content (AvgIpc) is 3.44. The second-order valence-electron chi connectivity index (χ2n) is 7.49. The van der Waals surface area contributed by atoms with E-state index in [1.807, 2.05) is 6.07 Å². The van der Waals surface area contributed by atoms with Crippen LogP contribution < -0.4 is 14.2 Å². The molecule has 0 aliphatic heterocycles. The fourth-order valence-electron chi connectivity index (χ4n) is 4.01. The summed E-state index contributed by atoms with van der Waals surface area (Å²) in [4.78, 5) is 12.8. The number of benzene rings is 1. The molecular formula is C22H18F3N5O3. The van der Waals surface area contributed by atoms with Crippen molar-refractivity contribution < 1.29 is 27.4 Å². The number of para-hydroxylation sites is 1. The highest BCUT2D eigenvalue weighted by Gasteiger charge is 2.44. The predicted molar refractivity (Wildman–Crippen MR) is 110 cm³/mol. The maximum Gasteiger partial charge on any atom is 0.573 e. The molecule has 1 aliphatic rings. The van der Waals surface area contributed by atoms with Crippen LogP contribution in [0.15, 0.2) is 48.9 Å². The van der Waals surface area contributed by atoms with Crippen molar-refractivity contribution in [2.45, 2.75) is 24.6 Å². The fourth-order valence-corrected chi connectivity index (χ4v) is 4.01. The molecule has 8 nitrogen and oxygen atoms in total. The molecule has 11 heteroatoms. The molecule has 0 radical (unpaired) electrons. The first-order valence-electron chi connectivity index (χ1n) is 10.0. The van der Waals surface area contributed by atoms with E-state index >= 15 is 0 Å². The van der Waals surface area contributed by atoms with Crippen molar-refractivity contribution in [2.75, 3.05) is 14.2 Å². The van der Waals surface area contributed by atoms with Crippen molar-refractivity contribution in [1.82, 2.24) is 24.6 Å². The maximum atomic E-state index is 12.9. The Hall–Kier alpha value is -3.89. The lowest BCUT2D eigenvalue weighted by molar-refractivity contribution is -0.274. The van der Waals surface area contributed by atoms with E-state index in [0.717, 1.165) is 5.56 Å². The highest BCUT2D eigenvalue weighted by atomic mass is 19.4. The largest absolute Gasteiger partial charge is 0.573 e. The molecule has 5 rings (SSSR count). The summed E-state index contributed by atoms with van der Waals surface area (Å²) in [6.07, 6.45) is 0.773. The van der Waals surface area contributed by atoms with Gasteiger partial charge in [0.2, 0.25) is 5.88 Å². The normalized spacial score (nSPS) is 17.7. The number of hydrogen-bond donors (Lipinski definition) is 0. The third-order valence-corrected chi connectivity index (χ3v) is 5.51. The molecule has 1 fully saturated rings. The summed E-state index contributed by atoms with van der Waals surface area (Å²) in [6, 6.07) is 8.24. The highest BCUT2D eigenvalue weighted by Crippen LogP contribution is 2.58. The summed E-state index contributed by atoms with van der Waals surface area (Å²) in [6.45, 7) is 0. The molecule has 1 aromatic carbocycles. The van der Waals surface area contributed by atoms with Crippen molar-refractivity contribution in [3.63, 3.8) is 0 Å². The second kappa shape index (κ2) is 7.91. The number of imidazole rings is 1. The summed E-state index contributed by atoms with van der Waals surface area (Å²) >= 11 is 0. The first-order chi connectivity index (χ1) is 15.9. The zero-order valence-corrected chi connectivity index (χ0v) is 17.6. The van der Waals surface area contributed by atoms with E-state index in [0.29, 0.717) is 28.9 Å². The van der Waals surface area contributed by atoms with E-state index in [-0.39, 0.29) is 29.5 Å². The van der Waals surface area contributed by atoms with Gasteiger partial charge in [-0.25, -0.2) is 14.5 Å². The molecule has 0 bridgehead atoms. The summed E-state index contributed by atoms with van der Waals surface area (Å²) in [5.74, 6) is -0.0968. The van der Waals surface area contributed by atoms with Crippen LogP contribution in [0.1, 0.15) is 29.4 Å². The van der Waals surface area contributed by atoms with E-state index in [1.165, 1.54) is 26.4 Å². The maximum absolute atomic E-state index is 12.9. The van der Waals surface area contributed by atoms with E-state index in [1.54, 1.807) is 35.2 Å². The highest BCUT2D eigenvalue weighted by molar-refractivity contribution is 5.68. The Kier molecular flexibility index (Phi) is 5.03. The number of methoxy groups -OCH3 is 2. The zero-order valence-electron chi connectivity index (χ0n) is 17.6. The van der Waals surface area contributed by atoms with Crippen LogP contribution in [-0.4, -0.2) is 45.1 Å². The number of halogens is 3. The van der Waals surface area contributed by atoms with Crippen LogP contribution in [0.4, 0.5) is 13.2 Å². The number of nitrogens with zero attached hydrogens (tertiary/aromatic N) is 5. The van der Waals surface area contributed by atoms with Crippen LogP contribution in [0.3, 0.4) is 0 Å². The third kappa shape index (κ3) is 4.01. The Labute approximate surface area is 186 Å². The van der Waals surface area contributed by atoms with E-state index in [9.17, 15) is 13.2 Å². The minimum atomic E-state index is -4.76. The molecule has 0 saturated heterocycles. The summed E-state index contributed by atoms with van der Waals surface area (Å²) in [7, 11) is 2.94.